The quantitative estimate of drug-likeness (QED) is 0.584. The summed E-state index contributed by atoms with van der Waals surface area (Å²) in [6.07, 6.45) is 4.18. The van der Waals surface area contributed by atoms with Crippen LogP contribution in [0.1, 0.15) is 33.8 Å². The van der Waals surface area contributed by atoms with E-state index in [1.165, 1.54) is 16.0 Å². The van der Waals surface area contributed by atoms with Gasteiger partial charge >= 0.3 is 0 Å². The lowest BCUT2D eigenvalue weighted by atomic mass is 10.1. The topological polar surface area (TPSA) is 111 Å². The van der Waals surface area contributed by atoms with Gasteiger partial charge in [0.2, 0.25) is 0 Å². The molecule has 1 aliphatic rings. The molecule has 0 radical (unpaired) electrons. The third kappa shape index (κ3) is 4.49. The standard InChI is InChI=1S/C19H20N6O3S/c1-25-10-13-17(24-25)15(26)3-2-7-28-8-6-21-16-9-12(4-5-20-16)19-23-14(11-29-19)18(27)22-13/h4-5,9-11H,2-3,6-8H2,1H3,(H,20,21)(H,22,27). The first-order chi connectivity index (χ1) is 14.1. The smallest absolute Gasteiger partial charge is 0.275 e. The number of anilines is 2. The molecule has 29 heavy (non-hydrogen) atoms. The van der Waals surface area contributed by atoms with Crippen molar-refractivity contribution in [3.05, 3.63) is 41.3 Å². The second-order valence-corrected chi connectivity index (χ2v) is 7.41. The maximum absolute atomic E-state index is 12.7. The van der Waals surface area contributed by atoms with E-state index in [2.05, 4.69) is 25.7 Å². The second kappa shape index (κ2) is 8.50. The fraction of sp³-hybridized carbons (Fsp3) is 0.316. The molecule has 4 rings (SSSR count). The summed E-state index contributed by atoms with van der Waals surface area (Å²) in [6, 6.07) is 3.74. The van der Waals surface area contributed by atoms with E-state index in [0.29, 0.717) is 42.7 Å². The van der Waals surface area contributed by atoms with E-state index in [-0.39, 0.29) is 29.5 Å². The Morgan fingerprint density at radius 3 is 3.07 bits per heavy atom. The average molecular weight is 412 g/mol. The van der Waals surface area contributed by atoms with Crippen molar-refractivity contribution < 1.29 is 14.3 Å². The van der Waals surface area contributed by atoms with E-state index in [0.717, 1.165) is 5.56 Å². The molecule has 4 heterocycles. The van der Waals surface area contributed by atoms with E-state index >= 15 is 0 Å². The summed E-state index contributed by atoms with van der Waals surface area (Å²) in [5.74, 6) is 0.192. The minimum Gasteiger partial charge on any atom is -0.380 e. The van der Waals surface area contributed by atoms with Crippen LogP contribution in [-0.4, -0.2) is 51.2 Å². The summed E-state index contributed by atoms with van der Waals surface area (Å²) in [5, 5.41) is 12.6. The first kappa shape index (κ1) is 19.2. The van der Waals surface area contributed by atoms with E-state index in [1.54, 1.807) is 24.8 Å². The van der Waals surface area contributed by atoms with E-state index in [1.807, 2.05) is 12.1 Å². The Kier molecular flexibility index (Phi) is 5.63. The van der Waals surface area contributed by atoms with Gasteiger partial charge < -0.3 is 15.4 Å². The molecular weight excluding hydrogens is 392 g/mol. The lowest BCUT2D eigenvalue weighted by Crippen LogP contribution is -2.15. The summed E-state index contributed by atoms with van der Waals surface area (Å²) in [4.78, 5) is 33.9. The normalized spacial score (nSPS) is 15.6. The van der Waals surface area contributed by atoms with Gasteiger partial charge in [-0.05, 0) is 18.6 Å². The number of carbonyl (C=O) groups excluding carboxylic acids is 2. The van der Waals surface area contributed by atoms with Gasteiger partial charge in [0, 0.05) is 50.0 Å². The number of nitrogens with one attached hydrogen (secondary N) is 2. The first-order valence-corrected chi connectivity index (χ1v) is 10.1. The van der Waals surface area contributed by atoms with Gasteiger partial charge in [-0.2, -0.15) is 5.10 Å². The fourth-order valence-corrected chi connectivity index (χ4v) is 3.75. The Balaban J connectivity index is 1.64. The molecule has 0 saturated carbocycles. The summed E-state index contributed by atoms with van der Waals surface area (Å²) in [7, 11) is 1.71. The van der Waals surface area contributed by atoms with Gasteiger partial charge in [0.1, 0.15) is 16.5 Å². The summed E-state index contributed by atoms with van der Waals surface area (Å²) >= 11 is 1.37. The molecule has 0 saturated heterocycles. The van der Waals surface area contributed by atoms with Gasteiger partial charge in [0.05, 0.1) is 12.3 Å². The van der Waals surface area contributed by atoms with Gasteiger partial charge in [-0.3, -0.25) is 14.3 Å². The lowest BCUT2D eigenvalue weighted by molar-refractivity contribution is 0.0940. The van der Waals surface area contributed by atoms with Gasteiger partial charge in [-0.1, -0.05) is 0 Å². The third-order valence-electron chi connectivity index (χ3n) is 4.33. The zero-order valence-electron chi connectivity index (χ0n) is 15.8. The molecule has 0 aliphatic carbocycles. The highest BCUT2D eigenvalue weighted by Crippen LogP contribution is 2.26. The van der Waals surface area contributed by atoms with Crippen molar-refractivity contribution in [2.45, 2.75) is 12.8 Å². The number of Topliss-reactive ketones (excluding diaryl/α,β-unsaturated/α-hetero) is 1. The van der Waals surface area contributed by atoms with Crippen LogP contribution in [0.4, 0.5) is 11.5 Å². The fourth-order valence-electron chi connectivity index (χ4n) is 2.95. The zero-order valence-corrected chi connectivity index (χ0v) is 16.7. The van der Waals surface area contributed by atoms with Crippen LogP contribution in [0.5, 0.6) is 0 Å². The zero-order chi connectivity index (χ0) is 20.2. The van der Waals surface area contributed by atoms with Crippen LogP contribution < -0.4 is 10.6 Å². The van der Waals surface area contributed by atoms with Crippen molar-refractivity contribution in [2.75, 3.05) is 30.4 Å². The van der Waals surface area contributed by atoms with Crippen LogP contribution in [0.3, 0.4) is 0 Å². The summed E-state index contributed by atoms with van der Waals surface area (Å²) in [6.45, 7) is 1.57. The molecule has 0 spiro atoms. The number of carbonyl (C=O) groups is 2. The van der Waals surface area contributed by atoms with Crippen molar-refractivity contribution in [3.63, 3.8) is 0 Å². The number of pyridine rings is 1. The van der Waals surface area contributed by atoms with Gasteiger partial charge in [0.15, 0.2) is 11.5 Å². The Bertz CT molecular complexity index is 1040. The van der Waals surface area contributed by atoms with Crippen LogP contribution in [0.15, 0.2) is 29.9 Å². The lowest BCUT2D eigenvalue weighted by Gasteiger charge is -2.08. The maximum atomic E-state index is 12.7. The monoisotopic (exact) mass is 412 g/mol. The van der Waals surface area contributed by atoms with Crippen LogP contribution >= 0.6 is 11.3 Å². The molecule has 9 nitrogen and oxygen atoms in total. The number of thiazole rings is 1. The summed E-state index contributed by atoms with van der Waals surface area (Å²) < 4.78 is 7.10. The molecular formula is C19H20N6O3S. The Morgan fingerprint density at radius 2 is 2.17 bits per heavy atom. The number of aryl methyl sites for hydroxylation is 1. The van der Waals surface area contributed by atoms with E-state index in [4.69, 9.17) is 4.74 Å². The number of amides is 1. The number of nitrogens with zero attached hydrogens (tertiary/aromatic N) is 4. The molecule has 3 aromatic heterocycles. The predicted molar refractivity (Wildman–Crippen MR) is 109 cm³/mol. The van der Waals surface area contributed by atoms with Gasteiger partial charge in [-0.25, -0.2) is 9.97 Å². The molecule has 0 atom stereocenters. The molecule has 2 N–H and O–H groups in total. The molecule has 4 bridgehead atoms. The van der Waals surface area contributed by atoms with Crippen molar-refractivity contribution >= 4 is 34.5 Å². The second-order valence-electron chi connectivity index (χ2n) is 6.55. The molecule has 0 fully saturated rings. The molecule has 10 heteroatoms. The number of fused-ring (bicyclic) bond motifs is 6. The molecule has 1 amide bonds. The largest absolute Gasteiger partial charge is 0.380 e. The summed E-state index contributed by atoms with van der Waals surface area (Å²) in [5.41, 5.74) is 1.78. The maximum Gasteiger partial charge on any atom is 0.275 e. The number of hydrogen-bond donors (Lipinski definition) is 2. The van der Waals surface area contributed by atoms with Crippen molar-refractivity contribution in [1.29, 1.82) is 0 Å². The van der Waals surface area contributed by atoms with Crippen LogP contribution in [0.2, 0.25) is 0 Å². The van der Waals surface area contributed by atoms with Crippen molar-refractivity contribution in [2.24, 2.45) is 7.05 Å². The minimum atomic E-state index is -0.383. The molecule has 0 aromatic carbocycles. The molecule has 150 valence electrons. The molecule has 0 unspecified atom stereocenters. The SMILES string of the molecule is Cn1cc2c(n1)C(=O)CCCOCCNc1cc(ccn1)-c1nc(cs1)C(=O)N2. The van der Waals surface area contributed by atoms with Crippen LogP contribution in [0, 0.1) is 0 Å². The predicted octanol–water partition coefficient (Wildman–Crippen LogP) is 2.60. The van der Waals surface area contributed by atoms with Gasteiger partial charge in [-0.15, -0.1) is 11.3 Å². The average Bonchev–Trinajstić information content (AvgIpc) is 3.34. The Hall–Kier alpha value is -3.11. The molecule has 1 aliphatic heterocycles. The van der Waals surface area contributed by atoms with Gasteiger partial charge in [0.25, 0.3) is 5.91 Å². The number of ether oxygens (including phenoxy) is 1. The molecule has 3 aromatic rings. The highest BCUT2D eigenvalue weighted by atomic mass is 32.1. The van der Waals surface area contributed by atoms with E-state index < -0.39 is 0 Å². The Morgan fingerprint density at radius 1 is 1.28 bits per heavy atom. The van der Waals surface area contributed by atoms with Crippen molar-refractivity contribution in [1.82, 2.24) is 19.7 Å². The van der Waals surface area contributed by atoms with Crippen LogP contribution in [-0.2, 0) is 11.8 Å². The highest BCUT2D eigenvalue weighted by molar-refractivity contribution is 7.13. The number of rotatable bonds is 0. The number of ketones is 1. The highest BCUT2D eigenvalue weighted by Gasteiger charge is 2.20. The first-order valence-electron chi connectivity index (χ1n) is 9.22. The third-order valence-corrected chi connectivity index (χ3v) is 5.22. The van der Waals surface area contributed by atoms with Crippen molar-refractivity contribution in [3.8, 4) is 10.6 Å². The minimum absolute atomic E-state index is 0.137. The van der Waals surface area contributed by atoms with E-state index in [9.17, 15) is 9.59 Å². The number of aromatic nitrogens is 4. The Labute approximate surface area is 171 Å². The number of hydrogen-bond acceptors (Lipinski definition) is 8. The van der Waals surface area contributed by atoms with Crippen LogP contribution in [0.25, 0.3) is 10.6 Å².